The number of amidine groups is 1. The Morgan fingerprint density at radius 1 is 1.27 bits per heavy atom. The molecule has 0 aromatic heterocycles. The van der Waals surface area contributed by atoms with Gasteiger partial charge < -0.3 is 10.1 Å². The summed E-state index contributed by atoms with van der Waals surface area (Å²) in [5, 5.41) is 4.83. The number of hydrogen-bond acceptors (Lipinski definition) is 6. The molecule has 136 valence electrons. The lowest BCUT2D eigenvalue weighted by Crippen LogP contribution is -2.44. The van der Waals surface area contributed by atoms with Crippen molar-refractivity contribution in [2.75, 3.05) is 32.8 Å². The highest BCUT2D eigenvalue weighted by molar-refractivity contribution is 5.97. The Kier molecular flexibility index (Phi) is 6.16. The first-order valence-corrected chi connectivity index (χ1v) is 8.64. The first kappa shape index (κ1) is 17.9. The Hall–Kier alpha value is -2.93. The van der Waals surface area contributed by atoms with Gasteiger partial charge in [-0.2, -0.15) is 0 Å². The van der Waals surface area contributed by atoms with E-state index in [0.29, 0.717) is 44.8 Å². The third-order valence-corrected chi connectivity index (χ3v) is 4.01. The molecule has 0 atom stereocenters. The van der Waals surface area contributed by atoms with Crippen molar-refractivity contribution in [2.45, 2.75) is 6.42 Å². The summed E-state index contributed by atoms with van der Waals surface area (Å²) in [7, 11) is 0. The van der Waals surface area contributed by atoms with E-state index < -0.39 is 0 Å². The summed E-state index contributed by atoms with van der Waals surface area (Å²) in [5.74, 6) is 0.645. The largest absolute Gasteiger partial charge is 0.378 e. The molecule has 4 bridgehead atoms. The van der Waals surface area contributed by atoms with E-state index >= 15 is 0 Å². The van der Waals surface area contributed by atoms with Gasteiger partial charge in [-0.1, -0.05) is 24.3 Å². The Balaban J connectivity index is 1.97. The van der Waals surface area contributed by atoms with Crippen molar-refractivity contribution in [3.8, 4) is 0 Å². The Bertz CT molecular complexity index is 743. The fraction of sp³-hybridized carbons (Fsp3) is 0.316. The van der Waals surface area contributed by atoms with Gasteiger partial charge >= 0.3 is 0 Å². The van der Waals surface area contributed by atoms with Gasteiger partial charge in [0.25, 0.3) is 5.91 Å². The van der Waals surface area contributed by atoms with Gasteiger partial charge in [0.15, 0.2) is 0 Å². The molecule has 2 aliphatic heterocycles. The fourth-order valence-corrected chi connectivity index (χ4v) is 2.78. The normalized spacial score (nSPS) is 22.8. The van der Waals surface area contributed by atoms with Gasteiger partial charge in [-0.05, 0) is 25.3 Å². The standard InChI is InChI=1S/C19H23N5O2/c1-20-14-17-15-5-2-3-6-16(13-15)19(25)22-9-12-26-11-8-21-18-7-4-10-24(17)23-18/h2,4-7,13-14H,1,3,8-12H2,(H,21,23)(H,22,25)/b17-14-. The molecule has 0 saturated carbocycles. The smallest absolute Gasteiger partial charge is 0.251 e. The van der Waals surface area contributed by atoms with E-state index in [1.807, 2.05) is 41.5 Å². The van der Waals surface area contributed by atoms with E-state index in [2.05, 4.69) is 27.4 Å². The van der Waals surface area contributed by atoms with Gasteiger partial charge in [0.05, 0.1) is 38.2 Å². The van der Waals surface area contributed by atoms with Crippen LogP contribution in [-0.2, 0) is 9.53 Å². The van der Waals surface area contributed by atoms with Crippen molar-refractivity contribution < 1.29 is 9.53 Å². The van der Waals surface area contributed by atoms with Gasteiger partial charge in [-0.15, -0.1) is 0 Å². The molecule has 3 aliphatic rings. The summed E-state index contributed by atoms with van der Waals surface area (Å²) in [5.41, 5.74) is 5.60. The number of carbonyl (C=O) groups excluding carboxylic acids is 1. The molecular formula is C19H23N5O2. The maximum atomic E-state index is 12.5. The molecule has 0 aromatic rings. The number of allylic oxidation sites excluding steroid dienone is 3. The molecule has 3 rings (SSSR count). The molecule has 7 heteroatoms. The lowest BCUT2D eigenvalue weighted by atomic mass is 10.1. The lowest BCUT2D eigenvalue weighted by Gasteiger charge is -2.30. The van der Waals surface area contributed by atoms with Crippen LogP contribution in [0.25, 0.3) is 0 Å². The molecule has 0 spiro atoms. The summed E-state index contributed by atoms with van der Waals surface area (Å²) >= 11 is 0. The summed E-state index contributed by atoms with van der Waals surface area (Å²) in [6.07, 6.45) is 14.1. The average molecular weight is 353 g/mol. The van der Waals surface area contributed by atoms with E-state index in [9.17, 15) is 4.79 Å². The number of rotatable bonds is 1. The zero-order valence-corrected chi connectivity index (χ0v) is 14.6. The topological polar surface area (TPSA) is 78.3 Å². The molecule has 0 fully saturated rings. The van der Waals surface area contributed by atoms with Crippen LogP contribution in [0.4, 0.5) is 0 Å². The molecule has 0 aromatic carbocycles. The van der Waals surface area contributed by atoms with E-state index in [0.717, 1.165) is 17.1 Å². The first-order valence-electron chi connectivity index (χ1n) is 8.64. The number of hydrogen-bond donors (Lipinski definition) is 2. The van der Waals surface area contributed by atoms with Gasteiger partial charge in [0.1, 0.15) is 5.84 Å². The van der Waals surface area contributed by atoms with Crippen LogP contribution in [0.2, 0.25) is 0 Å². The highest BCUT2D eigenvalue weighted by Crippen LogP contribution is 2.22. The maximum absolute atomic E-state index is 12.5. The molecule has 0 radical (unpaired) electrons. The molecule has 7 nitrogen and oxygen atoms in total. The van der Waals surface area contributed by atoms with Crippen molar-refractivity contribution in [1.29, 1.82) is 0 Å². The Morgan fingerprint density at radius 2 is 2.19 bits per heavy atom. The van der Waals surface area contributed by atoms with Crippen LogP contribution in [-0.4, -0.2) is 56.3 Å². The molecule has 2 heterocycles. The van der Waals surface area contributed by atoms with E-state index in [1.165, 1.54) is 0 Å². The van der Waals surface area contributed by atoms with Gasteiger partial charge in [-0.25, -0.2) is 0 Å². The number of nitrogens with one attached hydrogen (secondary N) is 2. The number of ether oxygens (including phenoxy) is 1. The monoisotopic (exact) mass is 353 g/mol. The van der Waals surface area contributed by atoms with Crippen molar-refractivity contribution in [3.05, 3.63) is 59.5 Å². The minimum Gasteiger partial charge on any atom is -0.378 e. The van der Waals surface area contributed by atoms with Crippen LogP contribution in [0.1, 0.15) is 6.42 Å². The van der Waals surface area contributed by atoms with Gasteiger partial charge in [-0.3, -0.25) is 25.2 Å². The van der Waals surface area contributed by atoms with Crippen LogP contribution in [0.15, 0.2) is 69.5 Å². The van der Waals surface area contributed by atoms with Gasteiger partial charge in [0.2, 0.25) is 0 Å². The number of nitrogens with zero attached hydrogens (tertiary/aromatic N) is 3. The summed E-state index contributed by atoms with van der Waals surface area (Å²) in [6.45, 7) is 6.19. The lowest BCUT2D eigenvalue weighted by molar-refractivity contribution is -0.117. The molecule has 0 unspecified atom stereocenters. The van der Waals surface area contributed by atoms with Crippen LogP contribution >= 0.6 is 0 Å². The SMILES string of the molecule is C=N/C=C1/C2=CC(=CCC=C2)C(=O)NCCOCCN=C2C=CCN1N2. The summed E-state index contributed by atoms with van der Waals surface area (Å²) in [4.78, 5) is 20.9. The van der Waals surface area contributed by atoms with Crippen LogP contribution in [0, 0.1) is 0 Å². The maximum Gasteiger partial charge on any atom is 0.251 e. The second kappa shape index (κ2) is 8.96. The third kappa shape index (κ3) is 4.58. The highest BCUT2D eigenvalue weighted by Gasteiger charge is 2.18. The van der Waals surface area contributed by atoms with Crippen molar-refractivity contribution in [2.24, 2.45) is 9.98 Å². The minimum atomic E-state index is -0.112. The van der Waals surface area contributed by atoms with E-state index in [4.69, 9.17) is 4.74 Å². The quantitative estimate of drug-likeness (QED) is 0.696. The number of amides is 1. The number of carbonyl (C=O) groups is 1. The van der Waals surface area contributed by atoms with E-state index in [1.54, 1.807) is 6.20 Å². The predicted molar refractivity (Wildman–Crippen MR) is 103 cm³/mol. The highest BCUT2D eigenvalue weighted by atomic mass is 16.5. The second-order valence-corrected chi connectivity index (χ2v) is 5.85. The second-order valence-electron chi connectivity index (χ2n) is 5.85. The fourth-order valence-electron chi connectivity index (χ4n) is 2.78. The molecular weight excluding hydrogens is 330 g/mol. The zero-order chi connectivity index (χ0) is 18.2. The predicted octanol–water partition coefficient (Wildman–Crippen LogP) is 1.26. The minimum absolute atomic E-state index is 0.112. The van der Waals surface area contributed by atoms with Gasteiger partial charge in [0, 0.05) is 17.7 Å². The Morgan fingerprint density at radius 3 is 3.08 bits per heavy atom. The summed E-state index contributed by atoms with van der Waals surface area (Å²) in [6, 6.07) is 0. The van der Waals surface area contributed by atoms with Crippen LogP contribution in [0.5, 0.6) is 0 Å². The molecule has 26 heavy (non-hydrogen) atoms. The van der Waals surface area contributed by atoms with Crippen molar-refractivity contribution >= 4 is 18.5 Å². The first-order chi connectivity index (χ1) is 12.8. The zero-order valence-electron chi connectivity index (χ0n) is 14.6. The van der Waals surface area contributed by atoms with Crippen LogP contribution in [0.3, 0.4) is 0 Å². The molecule has 0 saturated heterocycles. The number of fused-ring (bicyclic) bond motifs is 3. The van der Waals surface area contributed by atoms with E-state index in [-0.39, 0.29) is 5.91 Å². The molecule has 2 N–H and O–H groups in total. The third-order valence-electron chi connectivity index (χ3n) is 4.01. The molecule has 1 aliphatic carbocycles. The number of aliphatic imine (C=N–C) groups is 2. The van der Waals surface area contributed by atoms with Crippen molar-refractivity contribution in [1.82, 2.24) is 15.8 Å². The van der Waals surface area contributed by atoms with Crippen LogP contribution < -0.4 is 10.7 Å². The molecule has 1 amide bonds. The Labute approximate surface area is 153 Å². The average Bonchev–Trinajstić information content (AvgIpc) is 2.91. The number of hydrazine groups is 1. The summed E-state index contributed by atoms with van der Waals surface area (Å²) < 4.78 is 5.51. The van der Waals surface area contributed by atoms with Crippen molar-refractivity contribution in [3.63, 3.8) is 0 Å².